The van der Waals surface area contributed by atoms with Crippen LogP contribution in [0, 0.1) is 11.3 Å². The van der Waals surface area contributed by atoms with Gasteiger partial charge < -0.3 is 4.74 Å². The van der Waals surface area contributed by atoms with Crippen molar-refractivity contribution in [2.75, 3.05) is 19.6 Å². The third kappa shape index (κ3) is 3.75. The number of unbranched alkanes of at least 4 members (excludes halogenated alkanes) is 1. The van der Waals surface area contributed by atoms with Gasteiger partial charge in [0.2, 0.25) is 0 Å². The zero-order chi connectivity index (χ0) is 9.68. The van der Waals surface area contributed by atoms with Crippen LogP contribution in [-0.2, 0) is 4.74 Å². The molecule has 3 nitrogen and oxygen atoms in total. The summed E-state index contributed by atoms with van der Waals surface area (Å²) in [4.78, 5) is 2.39. The molecule has 0 aromatic rings. The molecule has 74 valence electrons. The molecule has 0 aliphatic carbocycles. The monoisotopic (exact) mass is 182 g/mol. The van der Waals surface area contributed by atoms with Gasteiger partial charge in [0.15, 0.2) is 0 Å². The van der Waals surface area contributed by atoms with Crippen molar-refractivity contribution >= 4 is 0 Å². The Kier molecular flexibility index (Phi) is 4.20. The average Bonchev–Trinajstić information content (AvgIpc) is 2.03. The zero-order valence-corrected chi connectivity index (χ0v) is 8.49. The van der Waals surface area contributed by atoms with Gasteiger partial charge in [-0.15, -0.1) is 0 Å². The van der Waals surface area contributed by atoms with Crippen LogP contribution in [0.15, 0.2) is 0 Å². The maximum absolute atomic E-state index is 8.41. The van der Waals surface area contributed by atoms with E-state index in [0.29, 0.717) is 18.6 Å². The number of nitriles is 1. The van der Waals surface area contributed by atoms with Crippen LogP contribution in [-0.4, -0.2) is 36.7 Å². The first-order valence-electron chi connectivity index (χ1n) is 4.97. The third-order valence-electron chi connectivity index (χ3n) is 2.26. The highest BCUT2D eigenvalue weighted by atomic mass is 16.5. The second-order valence-corrected chi connectivity index (χ2v) is 3.78. The van der Waals surface area contributed by atoms with Crippen LogP contribution in [0.3, 0.4) is 0 Å². The molecule has 0 saturated carbocycles. The van der Waals surface area contributed by atoms with Gasteiger partial charge in [-0.2, -0.15) is 5.26 Å². The van der Waals surface area contributed by atoms with Gasteiger partial charge in [-0.3, -0.25) is 4.90 Å². The Labute approximate surface area is 80.3 Å². The minimum absolute atomic E-state index is 0.339. The van der Waals surface area contributed by atoms with E-state index in [1.807, 2.05) is 0 Å². The lowest BCUT2D eigenvalue weighted by Crippen LogP contribution is -2.45. The molecule has 1 aliphatic heterocycles. The van der Waals surface area contributed by atoms with Crippen molar-refractivity contribution in [3.05, 3.63) is 0 Å². The van der Waals surface area contributed by atoms with Crippen LogP contribution in [0.1, 0.15) is 26.7 Å². The quantitative estimate of drug-likeness (QED) is 0.619. The minimum atomic E-state index is 0.339. The van der Waals surface area contributed by atoms with Gasteiger partial charge in [0.25, 0.3) is 0 Å². The van der Waals surface area contributed by atoms with Crippen molar-refractivity contribution in [2.24, 2.45) is 0 Å². The van der Waals surface area contributed by atoms with Crippen LogP contribution >= 0.6 is 0 Å². The molecule has 1 aliphatic rings. The Balaban J connectivity index is 2.22. The Morgan fingerprint density at radius 1 is 1.38 bits per heavy atom. The van der Waals surface area contributed by atoms with Crippen molar-refractivity contribution in [3.8, 4) is 6.07 Å². The summed E-state index contributed by atoms with van der Waals surface area (Å²) in [5.74, 6) is 0. The van der Waals surface area contributed by atoms with Crippen molar-refractivity contribution < 1.29 is 4.74 Å². The van der Waals surface area contributed by atoms with Gasteiger partial charge in [0, 0.05) is 19.5 Å². The van der Waals surface area contributed by atoms with E-state index in [1.54, 1.807) is 0 Å². The second-order valence-electron chi connectivity index (χ2n) is 3.78. The zero-order valence-electron chi connectivity index (χ0n) is 8.49. The molecule has 0 amide bonds. The lowest BCUT2D eigenvalue weighted by molar-refractivity contribution is -0.0679. The standard InChI is InChI=1S/C10H18N2O/c1-9-7-12(6-4-3-5-11)8-10(2)13-9/h9-10H,3-4,6-8H2,1-2H3. The summed E-state index contributed by atoms with van der Waals surface area (Å²) in [6.07, 6.45) is 2.33. The highest BCUT2D eigenvalue weighted by molar-refractivity contribution is 4.75. The number of nitrogens with zero attached hydrogens (tertiary/aromatic N) is 2. The van der Waals surface area contributed by atoms with Crippen LogP contribution < -0.4 is 0 Å². The average molecular weight is 182 g/mol. The van der Waals surface area contributed by atoms with E-state index in [2.05, 4.69) is 24.8 Å². The van der Waals surface area contributed by atoms with E-state index in [1.165, 1.54) is 0 Å². The van der Waals surface area contributed by atoms with Crippen molar-refractivity contribution in [1.82, 2.24) is 4.90 Å². The van der Waals surface area contributed by atoms with Crippen molar-refractivity contribution in [2.45, 2.75) is 38.9 Å². The molecule has 1 fully saturated rings. The molecule has 0 aromatic heterocycles. The van der Waals surface area contributed by atoms with E-state index in [4.69, 9.17) is 10.00 Å². The van der Waals surface area contributed by atoms with Crippen LogP contribution in [0.5, 0.6) is 0 Å². The largest absolute Gasteiger partial charge is 0.373 e. The number of ether oxygens (including phenoxy) is 1. The lowest BCUT2D eigenvalue weighted by atomic mass is 10.2. The van der Waals surface area contributed by atoms with Crippen molar-refractivity contribution in [1.29, 1.82) is 5.26 Å². The lowest BCUT2D eigenvalue weighted by Gasteiger charge is -2.35. The molecule has 0 aromatic carbocycles. The van der Waals surface area contributed by atoms with E-state index >= 15 is 0 Å². The Hall–Kier alpha value is -0.590. The van der Waals surface area contributed by atoms with Crippen LogP contribution in [0.25, 0.3) is 0 Å². The summed E-state index contributed by atoms with van der Waals surface area (Å²) < 4.78 is 5.62. The summed E-state index contributed by atoms with van der Waals surface area (Å²) in [7, 11) is 0. The maximum Gasteiger partial charge on any atom is 0.0678 e. The fraction of sp³-hybridized carbons (Fsp3) is 0.900. The van der Waals surface area contributed by atoms with E-state index in [-0.39, 0.29) is 0 Å². The molecule has 13 heavy (non-hydrogen) atoms. The first-order valence-corrected chi connectivity index (χ1v) is 4.97. The summed E-state index contributed by atoms with van der Waals surface area (Å²) in [5, 5.41) is 8.41. The summed E-state index contributed by atoms with van der Waals surface area (Å²) in [5.41, 5.74) is 0. The van der Waals surface area contributed by atoms with Crippen molar-refractivity contribution in [3.63, 3.8) is 0 Å². The number of hydrogen-bond acceptors (Lipinski definition) is 3. The smallest absolute Gasteiger partial charge is 0.0678 e. The summed E-state index contributed by atoms with van der Waals surface area (Å²) >= 11 is 0. The molecule has 1 rings (SSSR count). The highest BCUT2D eigenvalue weighted by Crippen LogP contribution is 2.10. The van der Waals surface area contributed by atoms with E-state index in [9.17, 15) is 0 Å². The third-order valence-corrected chi connectivity index (χ3v) is 2.26. The minimum Gasteiger partial charge on any atom is -0.373 e. The maximum atomic E-state index is 8.41. The molecular formula is C10H18N2O. The SMILES string of the molecule is CC1CN(CCCC#N)CC(C)O1. The Morgan fingerprint density at radius 3 is 2.54 bits per heavy atom. The molecule has 0 bridgehead atoms. The fourth-order valence-electron chi connectivity index (χ4n) is 1.85. The molecule has 2 unspecified atom stereocenters. The Morgan fingerprint density at radius 2 is 2.00 bits per heavy atom. The number of morpholine rings is 1. The first-order chi connectivity index (χ1) is 6.22. The highest BCUT2D eigenvalue weighted by Gasteiger charge is 2.21. The molecule has 0 radical (unpaired) electrons. The molecule has 0 spiro atoms. The Bertz CT molecular complexity index is 178. The van der Waals surface area contributed by atoms with Gasteiger partial charge in [0.05, 0.1) is 18.3 Å². The number of rotatable bonds is 3. The molecule has 3 heteroatoms. The normalized spacial score (nSPS) is 29.9. The fourth-order valence-corrected chi connectivity index (χ4v) is 1.85. The predicted molar refractivity (Wildman–Crippen MR) is 51.3 cm³/mol. The topological polar surface area (TPSA) is 36.3 Å². The van der Waals surface area contributed by atoms with E-state index in [0.717, 1.165) is 26.1 Å². The van der Waals surface area contributed by atoms with Gasteiger partial charge >= 0.3 is 0 Å². The molecule has 2 atom stereocenters. The van der Waals surface area contributed by atoms with Crippen LogP contribution in [0.4, 0.5) is 0 Å². The van der Waals surface area contributed by atoms with E-state index < -0.39 is 0 Å². The molecule has 1 saturated heterocycles. The van der Waals surface area contributed by atoms with Crippen LogP contribution in [0.2, 0.25) is 0 Å². The summed E-state index contributed by atoms with van der Waals surface area (Å²) in [6, 6.07) is 2.17. The molecule has 0 N–H and O–H groups in total. The predicted octanol–water partition coefficient (Wildman–Crippen LogP) is 1.40. The second kappa shape index (κ2) is 5.21. The summed E-state index contributed by atoms with van der Waals surface area (Å²) in [6.45, 7) is 7.26. The molecule has 1 heterocycles. The molecular weight excluding hydrogens is 164 g/mol. The van der Waals surface area contributed by atoms with Gasteiger partial charge in [-0.05, 0) is 26.8 Å². The first kappa shape index (κ1) is 10.5. The number of hydrogen-bond donors (Lipinski definition) is 0. The van der Waals surface area contributed by atoms with Gasteiger partial charge in [-0.1, -0.05) is 0 Å². The van der Waals surface area contributed by atoms with Gasteiger partial charge in [-0.25, -0.2) is 0 Å². The van der Waals surface area contributed by atoms with Gasteiger partial charge in [0.1, 0.15) is 0 Å².